The molecule has 7 heteroatoms. The lowest BCUT2D eigenvalue weighted by Crippen LogP contribution is -2.47. The fourth-order valence-electron chi connectivity index (χ4n) is 4.75. The van der Waals surface area contributed by atoms with Crippen molar-refractivity contribution in [1.29, 1.82) is 0 Å². The Morgan fingerprint density at radius 3 is 2.36 bits per heavy atom. The van der Waals surface area contributed by atoms with Crippen molar-refractivity contribution < 1.29 is 4.74 Å². The number of methoxy groups -OCH3 is 1. The van der Waals surface area contributed by atoms with Gasteiger partial charge in [-0.15, -0.1) is 11.8 Å². The van der Waals surface area contributed by atoms with Gasteiger partial charge in [-0.25, -0.2) is 4.98 Å². The highest BCUT2D eigenvalue weighted by Crippen LogP contribution is 2.38. The molecule has 0 atom stereocenters. The number of aryl methyl sites for hydroxylation is 2. The van der Waals surface area contributed by atoms with Crippen LogP contribution in [0.2, 0.25) is 0 Å². The van der Waals surface area contributed by atoms with E-state index in [-0.39, 0.29) is 5.41 Å². The van der Waals surface area contributed by atoms with Gasteiger partial charge in [0.2, 0.25) is 5.95 Å². The summed E-state index contributed by atoms with van der Waals surface area (Å²) in [7, 11) is 1.70. The zero-order chi connectivity index (χ0) is 25.3. The van der Waals surface area contributed by atoms with E-state index in [0.717, 1.165) is 68.0 Å². The largest absolute Gasteiger partial charge is 0.497 e. The molecule has 0 spiro atoms. The van der Waals surface area contributed by atoms with E-state index in [1.807, 2.05) is 23.9 Å². The Morgan fingerprint density at radius 1 is 0.944 bits per heavy atom. The third-order valence-electron chi connectivity index (χ3n) is 7.09. The summed E-state index contributed by atoms with van der Waals surface area (Å²) in [6.07, 6.45) is 2.18. The Kier molecular flexibility index (Phi) is 7.02. The molecule has 0 saturated carbocycles. The number of hydrogen-bond acceptors (Lipinski definition) is 7. The molecule has 6 nitrogen and oxygen atoms in total. The lowest BCUT2D eigenvalue weighted by Gasteiger charge is -2.36. The maximum absolute atomic E-state index is 5.31. The van der Waals surface area contributed by atoms with Gasteiger partial charge in [0.1, 0.15) is 11.6 Å². The van der Waals surface area contributed by atoms with Gasteiger partial charge in [0.25, 0.3) is 0 Å². The third kappa shape index (κ3) is 5.26. The van der Waals surface area contributed by atoms with Crippen molar-refractivity contribution in [3.05, 3.63) is 59.3 Å². The van der Waals surface area contributed by atoms with Crippen LogP contribution in [0.1, 0.15) is 44.0 Å². The Morgan fingerprint density at radius 2 is 1.67 bits per heavy atom. The molecule has 0 amide bonds. The molecule has 190 valence electrons. The van der Waals surface area contributed by atoms with Gasteiger partial charge in [-0.1, -0.05) is 32.9 Å². The van der Waals surface area contributed by atoms with Crippen molar-refractivity contribution in [3.63, 3.8) is 0 Å². The smallest absolute Gasteiger partial charge is 0.227 e. The minimum absolute atomic E-state index is 0.0959. The van der Waals surface area contributed by atoms with E-state index in [1.165, 1.54) is 27.4 Å². The normalized spacial score (nSPS) is 16.0. The first-order valence-electron chi connectivity index (χ1n) is 12.9. The van der Waals surface area contributed by atoms with Crippen LogP contribution in [0.25, 0.3) is 0 Å². The van der Waals surface area contributed by atoms with Gasteiger partial charge in [-0.05, 0) is 72.4 Å². The van der Waals surface area contributed by atoms with Crippen LogP contribution >= 0.6 is 11.8 Å². The van der Waals surface area contributed by atoms with Gasteiger partial charge >= 0.3 is 0 Å². The van der Waals surface area contributed by atoms with Crippen molar-refractivity contribution >= 4 is 34.9 Å². The molecule has 1 N–H and O–H groups in total. The zero-order valence-electron chi connectivity index (χ0n) is 22.1. The Balaban J connectivity index is 1.39. The highest BCUT2D eigenvalue weighted by Gasteiger charge is 2.25. The average Bonchev–Trinajstić information content (AvgIpc) is 2.89. The number of hydrogen-bond donors (Lipinski definition) is 1. The molecule has 36 heavy (non-hydrogen) atoms. The minimum Gasteiger partial charge on any atom is -0.497 e. The van der Waals surface area contributed by atoms with Crippen LogP contribution in [0.3, 0.4) is 0 Å². The summed E-state index contributed by atoms with van der Waals surface area (Å²) in [5.41, 5.74) is 6.19. The van der Waals surface area contributed by atoms with E-state index in [4.69, 9.17) is 14.7 Å². The summed E-state index contributed by atoms with van der Waals surface area (Å²) in [6.45, 7) is 12.6. The van der Waals surface area contributed by atoms with Crippen molar-refractivity contribution in [2.24, 2.45) is 0 Å². The number of rotatable bonds is 5. The molecular weight excluding hydrogens is 466 g/mol. The second kappa shape index (κ2) is 10.2. The minimum atomic E-state index is 0.0959. The predicted molar refractivity (Wildman–Crippen MR) is 152 cm³/mol. The summed E-state index contributed by atoms with van der Waals surface area (Å²) in [6, 6.07) is 15.1. The van der Waals surface area contributed by atoms with Crippen LogP contribution in [0.5, 0.6) is 5.75 Å². The number of nitrogens with zero attached hydrogens (tertiary/aromatic N) is 4. The number of anilines is 4. The van der Waals surface area contributed by atoms with Crippen LogP contribution in [0.15, 0.2) is 47.4 Å². The summed E-state index contributed by atoms with van der Waals surface area (Å²) < 4.78 is 5.31. The summed E-state index contributed by atoms with van der Waals surface area (Å²) in [4.78, 5) is 16.1. The van der Waals surface area contributed by atoms with Crippen LogP contribution in [-0.4, -0.2) is 49.0 Å². The molecule has 0 unspecified atom stereocenters. The van der Waals surface area contributed by atoms with Crippen molar-refractivity contribution in [2.75, 3.05) is 54.2 Å². The average molecular weight is 504 g/mol. The first-order chi connectivity index (χ1) is 17.3. The van der Waals surface area contributed by atoms with Gasteiger partial charge in [0.05, 0.1) is 17.7 Å². The molecule has 2 aliphatic heterocycles. The van der Waals surface area contributed by atoms with Gasteiger partial charge < -0.3 is 19.9 Å². The molecule has 0 aliphatic carbocycles. The monoisotopic (exact) mass is 503 g/mol. The van der Waals surface area contributed by atoms with E-state index < -0.39 is 0 Å². The van der Waals surface area contributed by atoms with E-state index in [2.05, 4.69) is 73.1 Å². The number of benzene rings is 2. The fourth-order valence-corrected chi connectivity index (χ4v) is 5.79. The van der Waals surface area contributed by atoms with E-state index >= 15 is 0 Å². The number of ether oxygens (including phenoxy) is 1. The summed E-state index contributed by atoms with van der Waals surface area (Å²) >= 11 is 1.88. The fraction of sp³-hybridized carbons (Fsp3) is 0.448. The van der Waals surface area contributed by atoms with Crippen LogP contribution in [-0.2, 0) is 11.8 Å². The molecule has 5 rings (SSSR count). The Bertz CT molecular complexity index is 1210. The van der Waals surface area contributed by atoms with Gasteiger partial charge in [0, 0.05) is 37.6 Å². The second-order valence-corrected chi connectivity index (χ2v) is 11.8. The second-order valence-electron chi connectivity index (χ2n) is 10.7. The van der Waals surface area contributed by atoms with Crippen LogP contribution in [0, 0.1) is 6.92 Å². The lowest BCUT2D eigenvalue weighted by atomic mass is 9.86. The number of fused-ring (bicyclic) bond motifs is 1. The Hall–Kier alpha value is -2.93. The molecule has 1 aromatic heterocycles. The first kappa shape index (κ1) is 24.8. The van der Waals surface area contributed by atoms with E-state index in [1.54, 1.807) is 7.11 Å². The van der Waals surface area contributed by atoms with Crippen molar-refractivity contribution in [2.45, 2.75) is 50.8 Å². The van der Waals surface area contributed by atoms with E-state index in [9.17, 15) is 0 Å². The predicted octanol–water partition coefficient (Wildman–Crippen LogP) is 6.20. The molecule has 3 aromatic rings. The van der Waals surface area contributed by atoms with Crippen LogP contribution in [0.4, 0.5) is 23.1 Å². The number of nitrogens with one attached hydrogen (secondary N) is 1. The maximum Gasteiger partial charge on any atom is 0.227 e. The topological polar surface area (TPSA) is 53.5 Å². The molecule has 1 saturated heterocycles. The number of piperazine rings is 1. The van der Waals surface area contributed by atoms with Gasteiger partial charge in [-0.2, -0.15) is 4.98 Å². The molecule has 0 radical (unpaired) electrons. The summed E-state index contributed by atoms with van der Waals surface area (Å²) in [5.74, 6) is 3.80. The maximum atomic E-state index is 5.31. The number of aromatic nitrogens is 2. The SMILES string of the molecule is COc1ccc(N2CCN(c3nc4c(c(Nc5cc(C(C)(C)C)ccc5C)n3)SCCC4)CC2)cc1. The molecule has 3 heterocycles. The first-order valence-corrected chi connectivity index (χ1v) is 13.9. The van der Waals surface area contributed by atoms with Gasteiger partial charge in [0.15, 0.2) is 0 Å². The highest BCUT2D eigenvalue weighted by molar-refractivity contribution is 7.99. The standard InChI is InChI=1S/C29H37N5OS/c1-20-8-9-21(29(2,3)4)19-25(20)30-27-26-24(7-6-18-36-26)31-28(32-27)34-16-14-33(15-17-34)22-10-12-23(35-5)13-11-22/h8-13,19H,6-7,14-18H2,1-5H3,(H,30,31,32). The van der Waals surface area contributed by atoms with Crippen molar-refractivity contribution in [3.8, 4) is 5.75 Å². The zero-order valence-corrected chi connectivity index (χ0v) is 22.9. The lowest BCUT2D eigenvalue weighted by molar-refractivity contribution is 0.415. The van der Waals surface area contributed by atoms with E-state index in [0.29, 0.717) is 0 Å². The third-order valence-corrected chi connectivity index (χ3v) is 8.30. The van der Waals surface area contributed by atoms with Gasteiger partial charge in [-0.3, -0.25) is 0 Å². The molecule has 2 aliphatic rings. The molecular formula is C29H37N5OS. The Labute approximate surface area is 219 Å². The molecule has 1 fully saturated rings. The quantitative estimate of drug-likeness (QED) is 0.445. The number of thioether (sulfide) groups is 1. The highest BCUT2D eigenvalue weighted by atomic mass is 32.2. The summed E-state index contributed by atoms with van der Waals surface area (Å²) in [5, 5.41) is 3.72. The molecule has 0 bridgehead atoms. The van der Waals surface area contributed by atoms with Crippen molar-refractivity contribution in [1.82, 2.24) is 9.97 Å². The van der Waals surface area contributed by atoms with Crippen LogP contribution < -0.4 is 19.9 Å². The molecule has 2 aromatic carbocycles.